The summed E-state index contributed by atoms with van der Waals surface area (Å²) < 4.78 is 58.7. The van der Waals surface area contributed by atoms with Gasteiger partial charge in [0.15, 0.2) is 0 Å². The van der Waals surface area contributed by atoms with Gasteiger partial charge in [-0.2, -0.15) is 0 Å². The fourth-order valence-electron chi connectivity index (χ4n) is 3.12. The van der Waals surface area contributed by atoms with Crippen LogP contribution in [-0.2, 0) is 20.0 Å². The highest BCUT2D eigenvalue weighted by Crippen LogP contribution is 2.30. The van der Waals surface area contributed by atoms with E-state index >= 15 is 0 Å². The first-order valence-electron chi connectivity index (χ1n) is 9.95. The molecule has 1 aromatic heterocycles. The van der Waals surface area contributed by atoms with Crippen LogP contribution in [0.2, 0.25) is 0 Å². The van der Waals surface area contributed by atoms with Crippen molar-refractivity contribution in [3.63, 3.8) is 0 Å². The van der Waals surface area contributed by atoms with Crippen LogP contribution in [0.25, 0.3) is 5.69 Å². The van der Waals surface area contributed by atoms with Gasteiger partial charge in [0, 0.05) is 18.1 Å². The van der Waals surface area contributed by atoms with Gasteiger partial charge in [0.25, 0.3) is 20.0 Å². The van der Waals surface area contributed by atoms with Gasteiger partial charge in [-0.05, 0) is 56.3 Å². The molecule has 8 nitrogen and oxygen atoms in total. The van der Waals surface area contributed by atoms with Crippen molar-refractivity contribution in [1.29, 1.82) is 0 Å². The van der Waals surface area contributed by atoms with E-state index < -0.39 is 20.0 Å². The third-order valence-electron chi connectivity index (χ3n) is 4.96. The summed E-state index contributed by atoms with van der Waals surface area (Å²) in [5.41, 5.74) is 2.62. The molecule has 0 radical (unpaired) electrons. The molecule has 0 spiro atoms. The van der Waals surface area contributed by atoms with Gasteiger partial charge < -0.3 is 4.57 Å². The molecule has 10 heteroatoms. The van der Waals surface area contributed by atoms with Crippen LogP contribution in [0.15, 0.2) is 95.2 Å². The minimum atomic E-state index is -3.97. The minimum Gasteiger partial charge on any atom is -0.306 e. The van der Waals surface area contributed by atoms with Crippen LogP contribution in [0.4, 0.5) is 11.4 Å². The lowest BCUT2D eigenvalue weighted by Gasteiger charge is -2.16. The van der Waals surface area contributed by atoms with Gasteiger partial charge in [0.05, 0.1) is 27.5 Å². The Kier molecular flexibility index (Phi) is 5.96. The second kappa shape index (κ2) is 8.72. The number of aromatic nitrogens is 2. The molecule has 33 heavy (non-hydrogen) atoms. The van der Waals surface area contributed by atoms with E-state index in [1.165, 1.54) is 30.3 Å². The number of hydrogen-bond donors (Lipinski definition) is 2. The number of nitrogens with one attached hydrogen (secondary N) is 2. The lowest BCUT2D eigenvalue weighted by Crippen LogP contribution is -2.18. The lowest BCUT2D eigenvalue weighted by molar-refractivity contribution is 0.599. The summed E-state index contributed by atoms with van der Waals surface area (Å²) in [6, 6.07) is 17.5. The van der Waals surface area contributed by atoms with Gasteiger partial charge >= 0.3 is 0 Å². The molecule has 1 heterocycles. The summed E-state index contributed by atoms with van der Waals surface area (Å²) in [6.07, 6.45) is 4.84. The van der Waals surface area contributed by atoms with Crippen molar-refractivity contribution in [2.75, 3.05) is 9.44 Å². The summed E-state index contributed by atoms with van der Waals surface area (Å²) >= 11 is 0. The number of aryl methyl sites for hydroxylation is 2. The monoisotopic (exact) mass is 482 g/mol. The van der Waals surface area contributed by atoms with E-state index in [-0.39, 0.29) is 21.2 Å². The van der Waals surface area contributed by atoms with E-state index in [0.29, 0.717) is 5.69 Å². The van der Waals surface area contributed by atoms with Gasteiger partial charge in [-0.25, -0.2) is 21.8 Å². The Labute approximate surface area is 193 Å². The van der Waals surface area contributed by atoms with Crippen molar-refractivity contribution in [3.05, 3.63) is 96.6 Å². The normalized spacial score (nSPS) is 11.8. The van der Waals surface area contributed by atoms with Crippen molar-refractivity contribution < 1.29 is 16.8 Å². The summed E-state index contributed by atoms with van der Waals surface area (Å²) in [5, 5.41) is 0. The van der Waals surface area contributed by atoms with E-state index in [1.807, 2.05) is 13.8 Å². The maximum Gasteiger partial charge on any atom is 0.261 e. The largest absolute Gasteiger partial charge is 0.306 e. The fraction of sp³-hybridized carbons (Fsp3) is 0.0870. The molecular formula is C23H22N4O4S2. The quantitative estimate of drug-likeness (QED) is 0.412. The molecule has 0 fully saturated rings. The highest BCUT2D eigenvalue weighted by molar-refractivity contribution is 7.93. The first-order valence-corrected chi connectivity index (χ1v) is 12.9. The Morgan fingerprint density at radius 2 is 1.21 bits per heavy atom. The fourth-order valence-corrected chi connectivity index (χ4v) is 5.27. The van der Waals surface area contributed by atoms with Crippen molar-refractivity contribution in [1.82, 2.24) is 9.55 Å². The molecule has 0 bridgehead atoms. The zero-order valence-electron chi connectivity index (χ0n) is 17.9. The number of anilines is 2. The average Bonchev–Trinajstić information content (AvgIpc) is 3.30. The van der Waals surface area contributed by atoms with Gasteiger partial charge in [-0.15, -0.1) is 0 Å². The minimum absolute atomic E-state index is 0.0634. The highest BCUT2D eigenvalue weighted by Gasteiger charge is 2.20. The predicted molar refractivity (Wildman–Crippen MR) is 128 cm³/mol. The third kappa shape index (κ3) is 5.07. The second-order valence-electron chi connectivity index (χ2n) is 7.54. The number of nitrogens with zero attached hydrogens (tertiary/aromatic N) is 2. The van der Waals surface area contributed by atoms with Crippen LogP contribution < -0.4 is 9.44 Å². The van der Waals surface area contributed by atoms with E-state index in [9.17, 15) is 16.8 Å². The lowest BCUT2D eigenvalue weighted by atomic mass is 10.2. The zero-order valence-corrected chi connectivity index (χ0v) is 19.6. The first kappa shape index (κ1) is 22.6. The maximum absolute atomic E-state index is 13.0. The van der Waals surface area contributed by atoms with Crippen molar-refractivity contribution in [3.8, 4) is 5.69 Å². The Morgan fingerprint density at radius 3 is 1.70 bits per heavy atom. The predicted octanol–water partition coefficient (Wildman–Crippen LogP) is 4.09. The number of rotatable bonds is 7. The Morgan fingerprint density at radius 1 is 0.697 bits per heavy atom. The molecule has 0 saturated heterocycles. The molecule has 3 aromatic carbocycles. The molecule has 0 aliphatic rings. The highest BCUT2D eigenvalue weighted by atomic mass is 32.2. The molecule has 0 amide bonds. The van der Waals surface area contributed by atoms with Gasteiger partial charge in [-0.3, -0.25) is 9.44 Å². The Hall–Kier alpha value is -3.63. The Bertz CT molecular complexity index is 1480. The number of imidazole rings is 1. The SMILES string of the molecule is Cc1ccc(S(=O)(=O)Nc2ccc(-n3ccnc3)cc2NS(=O)(=O)c2ccc(C)cc2)cc1. The van der Waals surface area contributed by atoms with E-state index in [0.717, 1.165) is 11.1 Å². The number of hydrogen-bond acceptors (Lipinski definition) is 5. The van der Waals surface area contributed by atoms with Gasteiger partial charge in [0.2, 0.25) is 0 Å². The second-order valence-corrected chi connectivity index (χ2v) is 10.9. The van der Waals surface area contributed by atoms with E-state index in [4.69, 9.17) is 0 Å². The third-order valence-corrected chi connectivity index (χ3v) is 7.72. The van der Waals surface area contributed by atoms with Gasteiger partial charge in [-0.1, -0.05) is 35.4 Å². The van der Waals surface area contributed by atoms with Crippen molar-refractivity contribution >= 4 is 31.4 Å². The van der Waals surface area contributed by atoms with E-state index in [2.05, 4.69) is 14.4 Å². The van der Waals surface area contributed by atoms with Crippen LogP contribution in [0, 0.1) is 13.8 Å². The molecule has 0 aliphatic heterocycles. The average molecular weight is 483 g/mol. The van der Waals surface area contributed by atoms with Crippen LogP contribution in [0.3, 0.4) is 0 Å². The molecule has 0 unspecified atom stereocenters. The Balaban J connectivity index is 1.75. The molecule has 170 valence electrons. The summed E-state index contributed by atoms with van der Waals surface area (Å²) in [5.74, 6) is 0. The number of benzene rings is 3. The van der Waals surface area contributed by atoms with Crippen LogP contribution in [0.1, 0.15) is 11.1 Å². The van der Waals surface area contributed by atoms with Gasteiger partial charge in [0.1, 0.15) is 0 Å². The summed E-state index contributed by atoms with van der Waals surface area (Å²) in [4.78, 5) is 4.13. The molecule has 2 N–H and O–H groups in total. The van der Waals surface area contributed by atoms with Crippen LogP contribution in [0.5, 0.6) is 0 Å². The first-order chi connectivity index (χ1) is 15.6. The van der Waals surface area contributed by atoms with Crippen LogP contribution >= 0.6 is 0 Å². The molecule has 0 aliphatic carbocycles. The molecule has 0 atom stereocenters. The summed E-state index contributed by atoms with van der Waals surface area (Å²) in [6.45, 7) is 3.72. The van der Waals surface area contributed by atoms with Crippen molar-refractivity contribution in [2.45, 2.75) is 23.6 Å². The number of sulfonamides is 2. The molecule has 4 aromatic rings. The van der Waals surface area contributed by atoms with Crippen LogP contribution in [-0.4, -0.2) is 26.4 Å². The summed E-state index contributed by atoms with van der Waals surface area (Å²) in [7, 11) is -7.92. The standard InChI is InChI=1S/C23H22N4O4S2/c1-17-3-8-20(9-4-17)32(28,29)25-22-12-7-19(27-14-13-24-16-27)15-23(22)26-33(30,31)21-10-5-18(2)6-11-21/h3-16,25-26H,1-2H3. The molecule has 0 saturated carbocycles. The smallest absolute Gasteiger partial charge is 0.261 e. The molecular weight excluding hydrogens is 460 g/mol. The zero-order chi connectivity index (χ0) is 23.6. The van der Waals surface area contributed by atoms with E-state index in [1.54, 1.807) is 59.7 Å². The molecule has 4 rings (SSSR count). The topological polar surface area (TPSA) is 110 Å². The maximum atomic E-state index is 13.0. The van der Waals surface area contributed by atoms with Crippen molar-refractivity contribution in [2.24, 2.45) is 0 Å².